The topological polar surface area (TPSA) is 54.0 Å². The van der Waals surface area contributed by atoms with Crippen LogP contribution >= 0.6 is 0 Å². The van der Waals surface area contributed by atoms with E-state index in [-0.39, 0.29) is 17.9 Å². The van der Waals surface area contributed by atoms with Gasteiger partial charge in [0.15, 0.2) is 0 Å². The summed E-state index contributed by atoms with van der Waals surface area (Å²) in [5.41, 5.74) is 0. The number of nitrogens with one attached hydrogen (secondary N) is 2. The zero-order chi connectivity index (χ0) is 12.1. The van der Waals surface area contributed by atoms with Crippen molar-refractivity contribution in [1.82, 2.24) is 10.3 Å². The van der Waals surface area contributed by atoms with Crippen molar-refractivity contribution in [2.24, 2.45) is 5.92 Å². The van der Waals surface area contributed by atoms with E-state index >= 15 is 0 Å². The van der Waals surface area contributed by atoms with Gasteiger partial charge in [-0.2, -0.15) is 0 Å². The molecule has 1 amide bonds. The average molecular weight is 225 g/mol. The Kier molecular flexibility index (Phi) is 4.22. The van der Waals surface area contributed by atoms with E-state index in [0.717, 1.165) is 6.20 Å². The molecule has 1 unspecified atom stereocenters. The van der Waals surface area contributed by atoms with Crippen LogP contribution in [0.15, 0.2) is 18.3 Å². The fourth-order valence-corrected chi connectivity index (χ4v) is 1.31. The van der Waals surface area contributed by atoms with Crippen molar-refractivity contribution >= 4 is 11.7 Å². The molecular formula is C11H16FN3O. The third kappa shape index (κ3) is 3.18. The molecule has 1 aromatic heterocycles. The van der Waals surface area contributed by atoms with Crippen LogP contribution in [0.2, 0.25) is 0 Å². The molecule has 16 heavy (non-hydrogen) atoms. The summed E-state index contributed by atoms with van der Waals surface area (Å²) in [7, 11) is 1.58. The largest absolute Gasteiger partial charge is 0.358 e. The Balaban J connectivity index is 2.75. The van der Waals surface area contributed by atoms with Crippen molar-refractivity contribution in [3.63, 3.8) is 0 Å². The second kappa shape index (κ2) is 5.44. The van der Waals surface area contributed by atoms with E-state index in [1.807, 2.05) is 13.8 Å². The first-order chi connectivity index (χ1) is 7.54. The highest BCUT2D eigenvalue weighted by molar-refractivity contribution is 5.84. The SMILES string of the molecule is CNC(=O)C(Nc1ccc(F)cn1)C(C)C. The molecule has 0 bridgehead atoms. The van der Waals surface area contributed by atoms with Gasteiger partial charge in [-0.15, -0.1) is 0 Å². The Labute approximate surface area is 94.3 Å². The van der Waals surface area contributed by atoms with Crippen LogP contribution in [0.3, 0.4) is 0 Å². The zero-order valence-electron chi connectivity index (χ0n) is 9.62. The van der Waals surface area contributed by atoms with Gasteiger partial charge in [0.2, 0.25) is 5.91 Å². The highest BCUT2D eigenvalue weighted by atomic mass is 19.1. The zero-order valence-corrected chi connectivity index (χ0v) is 9.62. The van der Waals surface area contributed by atoms with Gasteiger partial charge in [-0.1, -0.05) is 13.8 Å². The molecule has 1 aromatic rings. The Bertz CT molecular complexity index is 351. The number of carbonyl (C=O) groups excluding carboxylic acids is 1. The number of aromatic nitrogens is 1. The van der Waals surface area contributed by atoms with E-state index in [0.29, 0.717) is 5.82 Å². The van der Waals surface area contributed by atoms with Gasteiger partial charge >= 0.3 is 0 Å². The van der Waals surface area contributed by atoms with Crippen molar-refractivity contribution in [2.75, 3.05) is 12.4 Å². The average Bonchev–Trinajstić information content (AvgIpc) is 2.27. The van der Waals surface area contributed by atoms with Gasteiger partial charge in [-0.3, -0.25) is 4.79 Å². The maximum atomic E-state index is 12.6. The molecule has 0 aliphatic rings. The lowest BCUT2D eigenvalue weighted by Crippen LogP contribution is -2.41. The third-order valence-electron chi connectivity index (χ3n) is 2.23. The molecule has 0 saturated heterocycles. The van der Waals surface area contributed by atoms with Crippen LogP contribution in [0.1, 0.15) is 13.8 Å². The highest BCUT2D eigenvalue weighted by Crippen LogP contribution is 2.10. The van der Waals surface area contributed by atoms with Gasteiger partial charge in [0.05, 0.1) is 6.20 Å². The molecule has 4 nitrogen and oxygen atoms in total. The maximum absolute atomic E-state index is 12.6. The molecule has 0 aliphatic heterocycles. The number of hydrogen-bond donors (Lipinski definition) is 2. The fourth-order valence-electron chi connectivity index (χ4n) is 1.31. The summed E-state index contributed by atoms with van der Waals surface area (Å²) in [6.45, 7) is 3.85. The Hall–Kier alpha value is -1.65. The fraction of sp³-hybridized carbons (Fsp3) is 0.455. The van der Waals surface area contributed by atoms with Crippen LogP contribution in [0, 0.1) is 11.7 Å². The lowest BCUT2D eigenvalue weighted by atomic mass is 10.0. The van der Waals surface area contributed by atoms with Crippen LogP contribution < -0.4 is 10.6 Å². The first-order valence-electron chi connectivity index (χ1n) is 5.14. The van der Waals surface area contributed by atoms with E-state index in [9.17, 15) is 9.18 Å². The van der Waals surface area contributed by atoms with E-state index in [4.69, 9.17) is 0 Å². The number of pyridine rings is 1. The smallest absolute Gasteiger partial charge is 0.242 e. The van der Waals surface area contributed by atoms with E-state index in [1.54, 1.807) is 7.05 Å². The van der Waals surface area contributed by atoms with Gasteiger partial charge in [-0.25, -0.2) is 9.37 Å². The molecule has 0 radical (unpaired) electrons. The molecule has 0 fully saturated rings. The lowest BCUT2D eigenvalue weighted by molar-refractivity contribution is -0.122. The normalized spacial score (nSPS) is 12.3. The monoisotopic (exact) mass is 225 g/mol. The molecule has 5 heteroatoms. The van der Waals surface area contributed by atoms with Gasteiger partial charge in [0, 0.05) is 7.05 Å². The second-order valence-corrected chi connectivity index (χ2v) is 3.84. The Morgan fingerprint density at radius 2 is 2.12 bits per heavy atom. The molecule has 1 atom stereocenters. The number of anilines is 1. The van der Waals surface area contributed by atoms with Crippen molar-refractivity contribution in [3.8, 4) is 0 Å². The third-order valence-corrected chi connectivity index (χ3v) is 2.23. The first-order valence-corrected chi connectivity index (χ1v) is 5.14. The van der Waals surface area contributed by atoms with Crippen molar-refractivity contribution in [3.05, 3.63) is 24.1 Å². The highest BCUT2D eigenvalue weighted by Gasteiger charge is 2.20. The first kappa shape index (κ1) is 12.4. The minimum atomic E-state index is -0.397. The molecule has 2 N–H and O–H groups in total. The number of carbonyl (C=O) groups is 1. The molecule has 0 aliphatic carbocycles. The molecular weight excluding hydrogens is 209 g/mol. The van der Waals surface area contributed by atoms with E-state index < -0.39 is 5.82 Å². The predicted molar refractivity (Wildman–Crippen MR) is 60.5 cm³/mol. The number of likely N-dealkylation sites (N-methyl/N-ethyl adjacent to an activating group) is 1. The van der Waals surface area contributed by atoms with Gasteiger partial charge in [0.1, 0.15) is 17.7 Å². The maximum Gasteiger partial charge on any atom is 0.242 e. The van der Waals surface area contributed by atoms with Crippen molar-refractivity contribution in [2.45, 2.75) is 19.9 Å². The quantitative estimate of drug-likeness (QED) is 0.814. The summed E-state index contributed by atoms with van der Waals surface area (Å²) in [5, 5.41) is 5.54. The van der Waals surface area contributed by atoms with E-state index in [2.05, 4.69) is 15.6 Å². The molecule has 1 heterocycles. The number of halogens is 1. The summed E-state index contributed by atoms with van der Waals surface area (Å²) < 4.78 is 12.6. The van der Waals surface area contributed by atoms with Gasteiger partial charge in [-0.05, 0) is 18.1 Å². The lowest BCUT2D eigenvalue weighted by Gasteiger charge is -2.21. The number of rotatable bonds is 4. The number of amides is 1. The minimum absolute atomic E-state index is 0.110. The second-order valence-electron chi connectivity index (χ2n) is 3.84. The molecule has 88 valence electrons. The van der Waals surface area contributed by atoms with Crippen LogP contribution in [0.5, 0.6) is 0 Å². The summed E-state index contributed by atoms with van der Waals surface area (Å²) in [6, 6.07) is 2.44. The minimum Gasteiger partial charge on any atom is -0.358 e. The van der Waals surface area contributed by atoms with Crippen LogP contribution in [0.25, 0.3) is 0 Å². The molecule has 1 rings (SSSR count). The van der Waals surface area contributed by atoms with Gasteiger partial charge in [0.25, 0.3) is 0 Å². The van der Waals surface area contributed by atoms with E-state index in [1.165, 1.54) is 12.1 Å². The molecule has 0 saturated carbocycles. The molecule has 0 aromatic carbocycles. The van der Waals surface area contributed by atoms with Crippen molar-refractivity contribution < 1.29 is 9.18 Å². The Morgan fingerprint density at radius 1 is 1.44 bits per heavy atom. The van der Waals surface area contributed by atoms with Crippen LogP contribution in [0.4, 0.5) is 10.2 Å². The summed E-state index contributed by atoms with van der Waals surface area (Å²) in [6.07, 6.45) is 1.11. The summed E-state index contributed by atoms with van der Waals surface area (Å²) in [4.78, 5) is 15.4. The predicted octanol–water partition coefficient (Wildman–Crippen LogP) is 1.40. The number of nitrogens with zero attached hydrogens (tertiary/aromatic N) is 1. The number of hydrogen-bond acceptors (Lipinski definition) is 3. The van der Waals surface area contributed by atoms with Gasteiger partial charge < -0.3 is 10.6 Å². The Morgan fingerprint density at radius 3 is 2.56 bits per heavy atom. The van der Waals surface area contributed by atoms with Crippen molar-refractivity contribution in [1.29, 1.82) is 0 Å². The molecule has 0 spiro atoms. The summed E-state index contributed by atoms with van der Waals surface area (Å²) in [5.74, 6) is 0.100. The standard InChI is InChI=1S/C11H16FN3O/c1-7(2)10(11(16)13-3)15-9-5-4-8(12)6-14-9/h4-7,10H,1-3H3,(H,13,16)(H,14,15). The van der Waals surface area contributed by atoms with Crippen LogP contribution in [-0.2, 0) is 4.79 Å². The summed E-state index contributed by atoms with van der Waals surface area (Å²) >= 11 is 0. The van der Waals surface area contributed by atoms with Crippen LogP contribution in [-0.4, -0.2) is 24.0 Å².